The quantitative estimate of drug-likeness (QED) is 0.517. The lowest BCUT2D eigenvalue weighted by Crippen LogP contribution is -2.04. The highest BCUT2D eigenvalue weighted by Crippen LogP contribution is 2.27. The minimum atomic E-state index is -0.476. The van der Waals surface area contributed by atoms with Gasteiger partial charge in [0.1, 0.15) is 0 Å². The lowest BCUT2D eigenvalue weighted by atomic mass is 10.2. The minimum Gasteiger partial charge on any atom is -0.326 e. The molecule has 0 amide bonds. The number of hydrogen-bond donors (Lipinski definition) is 1. The van der Waals surface area contributed by atoms with E-state index in [1.165, 1.54) is 6.07 Å². The van der Waals surface area contributed by atoms with E-state index in [0.717, 1.165) is 3.57 Å². The van der Waals surface area contributed by atoms with Crippen LogP contribution in [-0.4, -0.2) is 4.92 Å². The zero-order valence-electron chi connectivity index (χ0n) is 6.46. The van der Waals surface area contributed by atoms with Crippen LogP contribution in [0, 0.1) is 13.7 Å². The molecule has 6 heteroatoms. The van der Waals surface area contributed by atoms with Crippen molar-refractivity contribution in [1.29, 1.82) is 0 Å². The maximum Gasteiger partial charge on any atom is 0.276 e. The van der Waals surface area contributed by atoms with Crippen molar-refractivity contribution in [3.8, 4) is 0 Å². The minimum absolute atomic E-state index is 0.0144. The first-order valence-corrected chi connectivity index (χ1v) is 4.84. The van der Waals surface area contributed by atoms with Gasteiger partial charge in [0.2, 0.25) is 0 Å². The van der Waals surface area contributed by atoms with Gasteiger partial charge < -0.3 is 5.73 Å². The van der Waals surface area contributed by atoms with Crippen molar-refractivity contribution in [2.75, 3.05) is 0 Å². The van der Waals surface area contributed by atoms with Gasteiger partial charge in [0.05, 0.1) is 10.5 Å². The van der Waals surface area contributed by atoms with Crippen molar-refractivity contribution in [2.24, 2.45) is 5.73 Å². The van der Waals surface area contributed by atoms with Crippen LogP contribution in [0.2, 0.25) is 5.02 Å². The Morgan fingerprint density at radius 3 is 2.69 bits per heavy atom. The highest BCUT2D eigenvalue weighted by molar-refractivity contribution is 14.1. The molecule has 1 aromatic rings. The molecule has 1 rings (SSSR count). The molecule has 0 bridgehead atoms. The zero-order chi connectivity index (χ0) is 10.0. The SMILES string of the molecule is NCc1c(I)cc(Cl)cc1[N+](=O)[O-]. The van der Waals surface area contributed by atoms with E-state index in [1.807, 2.05) is 22.6 Å². The van der Waals surface area contributed by atoms with Gasteiger partial charge in [-0.15, -0.1) is 0 Å². The maximum atomic E-state index is 10.6. The van der Waals surface area contributed by atoms with Gasteiger partial charge in [0.15, 0.2) is 0 Å². The number of halogens is 2. The molecule has 0 unspecified atom stereocenters. The average Bonchev–Trinajstić information content (AvgIpc) is 2.02. The third-order valence-corrected chi connectivity index (χ3v) is 2.72. The molecule has 2 N–H and O–H groups in total. The van der Waals surface area contributed by atoms with Crippen molar-refractivity contribution in [1.82, 2.24) is 0 Å². The molecule has 0 aromatic heterocycles. The summed E-state index contributed by atoms with van der Waals surface area (Å²) < 4.78 is 0.722. The highest BCUT2D eigenvalue weighted by Gasteiger charge is 2.16. The van der Waals surface area contributed by atoms with Gasteiger partial charge in [0, 0.05) is 21.2 Å². The van der Waals surface area contributed by atoms with Crippen molar-refractivity contribution in [3.05, 3.63) is 36.4 Å². The van der Waals surface area contributed by atoms with Crippen LogP contribution in [0.25, 0.3) is 0 Å². The Labute approximate surface area is 93.4 Å². The average molecular weight is 312 g/mol. The number of rotatable bonds is 2. The normalized spacial score (nSPS) is 10.1. The van der Waals surface area contributed by atoms with E-state index in [0.29, 0.717) is 10.6 Å². The molecule has 0 spiro atoms. The maximum absolute atomic E-state index is 10.6. The van der Waals surface area contributed by atoms with Crippen LogP contribution in [-0.2, 0) is 6.54 Å². The Morgan fingerprint density at radius 1 is 1.62 bits per heavy atom. The topological polar surface area (TPSA) is 69.2 Å². The molecule has 0 aliphatic rings. The second kappa shape index (κ2) is 4.21. The fourth-order valence-corrected chi connectivity index (χ4v) is 2.18. The number of benzene rings is 1. The Kier molecular flexibility index (Phi) is 3.46. The summed E-state index contributed by atoms with van der Waals surface area (Å²) >= 11 is 7.65. The number of hydrogen-bond acceptors (Lipinski definition) is 3. The van der Waals surface area contributed by atoms with Crippen LogP contribution in [0.3, 0.4) is 0 Å². The molecule has 0 heterocycles. The van der Waals surface area contributed by atoms with Gasteiger partial charge in [-0.25, -0.2) is 0 Å². The third kappa shape index (κ3) is 2.29. The predicted octanol–water partition coefficient (Wildman–Crippen LogP) is 2.31. The van der Waals surface area contributed by atoms with E-state index in [1.54, 1.807) is 6.07 Å². The van der Waals surface area contributed by atoms with Crippen molar-refractivity contribution in [3.63, 3.8) is 0 Å². The molecule has 70 valence electrons. The Bertz CT molecular complexity index is 357. The van der Waals surface area contributed by atoms with Crippen LogP contribution in [0.1, 0.15) is 5.56 Å². The predicted molar refractivity (Wildman–Crippen MR) is 58.7 cm³/mol. The smallest absolute Gasteiger partial charge is 0.276 e. The van der Waals surface area contributed by atoms with Gasteiger partial charge in [-0.3, -0.25) is 10.1 Å². The van der Waals surface area contributed by atoms with Crippen LogP contribution in [0.15, 0.2) is 12.1 Å². The van der Waals surface area contributed by atoms with E-state index in [9.17, 15) is 10.1 Å². The van der Waals surface area contributed by atoms with Gasteiger partial charge >= 0.3 is 0 Å². The fourth-order valence-electron chi connectivity index (χ4n) is 0.955. The first kappa shape index (κ1) is 10.7. The number of nitrogens with two attached hydrogens (primary N) is 1. The molecular formula is C7H6ClIN2O2. The molecule has 0 aliphatic heterocycles. The molecule has 0 radical (unpaired) electrons. The summed E-state index contributed by atoms with van der Waals surface area (Å²) in [6.45, 7) is 0.145. The van der Waals surface area contributed by atoms with E-state index in [-0.39, 0.29) is 12.2 Å². The Hall–Kier alpha value is -0.400. The van der Waals surface area contributed by atoms with Gasteiger partial charge in [-0.2, -0.15) is 0 Å². The molecule has 0 atom stereocenters. The molecular weight excluding hydrogens is 306 g/mol. The summed E-state index contributed by atoms with van der Waals surface area (Å²) in [6, 6.07) is 2.96. The third-order valence-electron chi connectivity index (χ3n) is 1.54. The first-order valence-electron chi connectivity index (χ1n) is 3.38. The van der Waals surface area contributed by atoms with Gasteiger partial charge in [-0.05, 0) is 28.7 Å². The number of nitrogens with zero attached hydrogens (tertiary/aromatic N) is 1. The molecule has 13 heavy (non-hydrogen) atoms. The summed E-state index contributed by atoms with van der Waals surface area (Å²) in [5.41, 5.74) is 5.90. The van der Waals surface area contributed by atoms with Crippen LogP contribution >= 0.6 is 34.2 Å². The van der Waals surface area contributed by atoms with E-state index in [2.05, 4.69) is 0 Å². The molecule has 0 saturated heterocycles. The van der Waals surface area contributed by atoms with E-state index in [4.69, 9.17) is 17.3 Å². The largest absolute Gasteiger partial charge is 0.326 e. The van der Waals surface area contributed by atoms with Crippen molar-refractivity contribution < 1.29 is 4.92 Å². The summed E-state index contributed by atoms with van der Waals surface area (Å²) in [7, 11) is 0. The molecule has 0 aliphatic carbocycles. The van der Waals surface area contributed by atoms with Crippen LogP contribution in [0.5, 0.6) is 0 Å². The molecule has 0 saturated carbocycles. The summed E-state index contributed by atoms with van der Waals surface area (Å²) in [6.07, 6.45) is 0. The highest BCUT2D eigenvalue weighted by atomic mass is 127. The van der Waals surface area contributed by atoms with Crippen LogP contribution < -0.4 is 5.73 Å². The van der Waals surface area contributed by atoms with Gasteiger partial charge in [-0.1, -0.05) is 11.6 Å². The van der Waals surface area contributed by atoms with E-state index >= 15 is 0 Å². The number of nitro benzene ring substituents is 1. The van der Waals surface area contributed by atoms with E-state index < -0.39 is 4.92 Å². The summed E-state index contributed by atoms with van der Waals surface area (Å²) in [5, 5.41) is 10.9. The van der Waals surface area contributed by atoms with Crippen molar-refractivity contribution >= 4 is 39.9 Å². The standard InChI is InChI=1S/C7H6ClIN2O2/c8-4-1-6(9)5(3-10)7(2-4)11(12)13/h1-2H,3,10H2. The summed E-state index contributed by atoms with van der Waals surface area (Å²) in [4.78, 5) is 10.1. The van der Waals surface area contributed by atoms with Crippen molar-refractivity contribution in [2.45, 2.75) is 6.54 Å². The number of nitro groups is 1. The first-order chi connectivity index (χ1) is 6.06. The zero-order valence-corrected chi connectivity index (χ0v) is 9.37. The molecule has 1 aromatic carbocycles. The second-order valence-corrected chi connectivity index (χ2v) is 3.95. The Morgan fingerprint density at radius 2 is 2.23 bits per heavy atom. The van der Waals surface area contributed by atoms with Gasteiger partial charge in [0.25, 0.3) is 5.69 Å². The Balaban J connectivity index is 3.38. The fraction of sp³-hybridized carbons (Fsp3) is 0.143. The molecule has 0 fully saturated rings. The molecule has 4 nitrogen and oxygen atoms in total. The lowest BCUT2D eigenvalue weighted by molar-refractivity contribution is -0.385. The monoisotopic (exact) mass is 312 g/mol. The summed E-state index contributed by atoms with van der Waals surface area (Å²) in [5.74, 6) is 0. The van der Waals surface area contributed by atoms with Crippen LogP contribution in [0.4, 0.5) is 5.69 Å². The second-order valence-electron chi connectivity index (χ2n) is 2.35. The lowest BCUT2D eigenvalue weighted by Gasteiger charge is -2.02.